The lowest BCUT2D eigenvalue weighted by Gasteiger charge is -2.12. The zero-order valence-corrected chi connectivity index (χ0v) is 12.3. The Bertz CT molecular complexity index is 803. The number of ether oxygens (including phenoxy) is 1. The number of para-hydroxylation sites is 1. The van der Waals surface area contributed by atoms with Crippen molar-refractivity contribution < 1.29 is 9.53 Å². The van der Waals surface area contributed by atoms with E-state index in [0.29, 0.717) is 13.1 Å². The van der Waals surface area contributed by atoms with Gasteiger partial charge in [-0.1, -0.05) is 18.2 Å². The van der Waals surface area contributed by atoms with E-state index in [0.717, 1.165) is 36.8 Å². The summed E-state index contributed by atoms with van der Waals surface area (Å²) in [6.07, 6.45) is 2.93. The molecule has 0 bridgehead atoms. The molecule has 1 saturated heterocycles. The third-order valence-corrected chi connectivity index (χ3v) is 4.56. The molecule has 114 valence electrons. The molecule has 2 aromatic rings. The Balaban J connectivity index is 1.66. The average molecular weight is 298 g/mol. The van der Waals surface area contributed by atoms with Crippen LogP contribution >= 0.6 is 0 Å². The maximum atomic E-state index is 12.6. The van der Waals surface area contributed by atoms with Gasteiger partial charge in [0.05, 0.1) is 11.6 Å². The number of hydrogen-bond acceptors (Lipinski definition) is 3. The number of amides is 1. The van der Waals surface area contributed by atoms with Crippen molar-refractivity contribution in [1.29, 1.82) is 0 Å². The summed E-state index contributed by atoms with van der Waals surface area (Å²) in [7, 11) is 0. The van der Waals surface area contributed by atoms with E-state index in [1.807, 2.05) is 18.2 Å². The zero-order chi connectivity index (χ0) is 15.1. The van der Waals surface area contributed by atoms with Gasteiger partial charge in [-0.05, 0) is 36.3 Å². The monoisotopic (exact) mass is 298 g/mol. The molecular weight excluding hydrogens is 280 g/mol. The van der Waals surface area contributed by atoms with E-state index in [4.69, 9.17) is 4.74 Å². The number of hydrogen-bond donors (Lipinski definition) is 1. The van der Waals surface area contributed by atoms with E-state index < -0.39 is 0 Å². The predicted octanol–water partition coefficient (Wildman–Crippen LogP) is 1.47. The van der Waals surface area contributed by atoms with Gasteiger partial charge in [0.1, 0.15) is 5.56 Å². The molecule has 3 heterocycles. The number of nitrogens with zero attached hydrogens (tertiary/aromatic N) is 1. The molecule has 5 nitrogen and oxygen atoms in total. The smallest absolute Gasteiger partial charge is 0.263 e. The molecule has 0 unspecified atom stereocenters. The fourth-order valence-electron chi connectivity index (χ4n) is 3.44. The SMILES string of the molecule is O=C(NC[C@@H]1CCCO1)c1cc2cccc3c2n(c1=O)CC3. The maximum absolute atomic E-state index is 12.6. The van der Waals surface area contributed by atoms with Crippen LogP contribution in [-0.4, -0.2) is 29.7 Å². The van der Waals surface area contributed by atoms with Crippen LogP contribution in [0.15, 0.2) is 29.1 Å². The van der Waals surface area contributed by atoms with Crippen molar-refractivity contribution in [3.63, 3.8) is 0 Å². The van der Waals surface area contributed by atoms with E-state index in [1.54, 1.807) is 10.6 Å². The standard InChI is InChI=1S/C17H18N2O3/c20-16(18-10-13-5-2-8-22-13)14-9-12-4-1-3-11-6-7-19(15(11)12)17(14)21/h1,3-4,9,13H,2,5-8,10H2,(H,18,20)/t13-/m0/s1. The molecule has 0 saturated carbocycles. The van der Waals surface area contributed by atoms with Gasteiger partial charge >= 0.3 is 0 Å². The summed E-state index contributed by atoms with van der Waals surface area (Å²) < 4.78 is 7.22. The molecule has 0 radical (unpaired) electrons. The van der Waals surface area contributed by atoms with E-state index in [1.165, 1.54) is 5.56 Å². The third kappa shape index (κ3) is 2.13. The van der Waals surface area contributed by atoms with Crippen molar-refractivity contribution in [3.05, 3.63) is 45.7 Å². The van der Waals surface area contributed by atoms with Crippen LogP contribution in [0.25, 0.3) is 10.9 Å². The predicted molar refractivity (Wildman–Crippen MR) is 83.2 cm³/mol. The van der Waals surface area contributed by atoms with E-state index in [-0.39, 0.29) is 23.1 Å². The summed E-state index contributed by atoms with van der Waals surface area (Å²) >= 11 is 0. The molecule has 1 N–H and O–H groups in total. The molecule has 2 aliphatic heterocycles. The van der Waals surface area contributed by atoms with Gasteiger partial charge in [-0.3, -0.25) is 9.59 Å². The summed E-state index contributed by atoms with van der Waals surface area (Å²) in [5.74, 6) is -0.302. The highest BCUT2D eigenvalue weighted by atomic mass is 16.5. The second-order valence-electron chi connectivity index (χ2n) is 5.96. The molecule has 4 rings (SSSR count). The Kier molecular flexibility index (Phi) is 3.22. The minimum atomic E-state index is -0.302. The molecule has 22 heavy (non-hydrogen) atoms. The van der Waals surface area contributed by atoms with Crippen LogP contribution in [0.3, 0.4) is 0 Å². The molecule has 0 aliphatic carbocycles. The fourth-order valence-corrected chi connectivity index (χ4v) is 3.44. The Morgan fingerprint density at radius 2 is 2.32 bits per heavy atom. The van der Waals surface area contributed by atoms with Gasteiger partial charge in [0.2, 0.25) is 0 Å². The lowest BCUT2D eigenvalue weighted by Crippen LogP contribution is -2.36. The highest BCUT2D eigenvalue weighted by molar-refractivity contribution is 5.98. The third-order valence-electron chi connectivity index (χ3n) is 4.56. The first kappa shape index (κ1) is 13.5. The van der Waals surface area contributed by atoms with E-state index in [9.17, 15) is 9.59 Å². The quantitative estimate of drug-likeness (QED) is 0.933. The molecule has 1 fully saturated rings. The van der Waals surface area contributed by atoms with Crippen molar-refractivity contribution in [2.24, 2.45) is 0 Å². The Morgan fingerprint density at radius 3 is 3.14 bits per heavy atom. The molecule has 1 aromatic carbocycles. The largest absolute Gasteiger partial charge is 0.376 e. The number of rotatable bonds is 3. The van der Waals surface area contributed by atoms with Gasteiger partial charge in [-0.2, -0.15) is 0 Å². The van der Waals surface area contributed by atoms with Crippen molar-refractivity contribution >= 4 is 16.8 Å². The van der Waals surface area contributed by atoms with Crippen LogP contribution in [0.1, 0.15) is 28.8 Å². The Morgan fingerprint density at radius 1 is 1.41 bits per heavy atom. The molecule has 1 atom stereocenters. The zero-order valence-electron chi connectivity index (χ0n) is 12.3. The molecule has 1 amide bonds. The first-order chi connectivity index (χ1) is 10.7. The van der Waals surface area contributed by atoms with Crippen LogP contribution in [0.2, 0.25) is 0 Å². The van der Waals surface area contributed by atoms with Gasteiger partial charge in [0.15, 0.2) is 0 Å². The lowest BCUT2D eigenvalue weighted by molar-refractivity contribution is 0.0856. The average Bonchev–Trinajstić information content (AvgIpc) is 3.18. The van der Waals surface area contributed by atoms with E-state index >= 15 is 0 Å². The number of aromatic nitrogens is 1. The van der Waals surface area contributed by atoms with Crippen molar-refractivity contribution in [2.75, 3.05) is 13.2 Å². The van der Waals surface area contributed by atoms with Crippen LogP contribution in [0, 0.1) is 0 Å². The fraction of sp³-hybridized carbons (Fsp3) is 0.412. The van der Waals surface area contributed by atoms with Gasteiger partial charge < -0.3 is 14.6 Å². The van der Waals surface area contributed by atoms with Crippen LogP contribution in [0.4, 0.5) is 0 Å². The second-order valence-corrected chi connectivity index (χ2v) is 5.96. The highest BCUT2D eigenvalue weighted by Crippen LogP contribution is 2.24. The summed E-state index contributed by atoms with van der Waals surface area (Å²) in [6, 6.07) is 7.69. The van der Waals surface area contributed by atoms with Gasteiger partial charge in [0, 0.05) is 19.7 Å². The molecule has 0 spiro atoms. The minimum absolute atomic E-state index is 0.0777. The number of benzene rings is 1. The van der Waals surface area contributed by atoms with Crippen molar-refractivity contribution in [3.8, 4) is 0 Å². The second kappa shape index (κ2) is 5.25. The Labute approximate surface area is 127 Å². The molecular formula is C17H18N2O3. The number of carbonyl (C=O) groups excluding carboxylic acids is 1. The van der Waals surface area contributed by atoms with Crippen LogP contribution in [-0.2, 0) is 17.7 Å². The summed E-state index contributed by atoms with van der Waals surface area (Å²) in [4.78, 5) is 24.9. The number of pyridine rings is 1. The minimum Gasteiger partial charge on any atom is -0.376 e. The highest BCUT2D eigenvalue weighted by Gasteiger charge is 2.22. The van der Waals surface area contributed by atoms with Gasteiger partial charge in [-0.25, -0.2) is 0 Å². The van der Waals surface area contributed by atoms with Gasteiger partial charge in [0.25, 0.3) is 11.5 Å². The Hall–Kier alpha value is -2.14. The van der Waals surface area contributed by atoms with E-state index in [2.05, 4.69) is 5.32 Å². The topological polar surface area (TPSA) is 60.3 Å². The first-order valence-electron chi connectivity index (χ1n) is 7.79. The van der Waals surface area contributed by atoms with Crippen molar-refractivity contribution in [1.82, 2.24) is 9.88 Å². The lowest BCUT2D eigenvalue weighted by atomic mass is 10.1. The first-order valence-corrected chi connectivity index (χ1v) is 7.79. The number of aryl methyl sites for hydroxylation is 2. The number of nitrogens with one attached hydrogen (secondary N) is 1. The number of carbonyl (C=O) groups is 1. The molecule has 1 aromatic heterocycles. The summed E-state index contributed by atoms with van der Waals surface area (Å²) in [6.45, 7) is 1.88. The summed E-state index contributed by atoms with van der Waals surface area (Å²) in [5, 5.41) is 3.79. The van der Waals surface area contributed by atoms with Crippen LogP contribution < -0.4 is 10.9 Å². The normalized spacial score (nSPS) is 19.7. The molecule has 5 heteroatoms. The summed E-state index contributed by atoms with van der Waals surface area (Å²) in [5.41, 5.74) is 2.19. The van der Waals surface area contributed by atoms with Crippen molar-refractivity contribution in [2.45, 2.75) is 31.9 Å². The maximum Gasteiger partial charge on any atom is 0.263 e. The van der Waals surface area contributed by atoms with Gasteiger partial charge in [-0.15, -0.1) is 0 Å². The van der Waals surface area contributed by atoms with Crippen LogP contribution in [0.5, 0.6) is 0 Å². The molecule has 2 aliphatic rings.